The molecule has 7 nitrogen and oxygen atoms in total. The standard InChI is InChI=1S/C21H23FN6O/c1-4-23-19-12-20(25-14(3)24-19)26-15-7-9-16(10-8-15)27-21(29)28-17-6-5-13(2)18(22)11-17/h5-12H,4H2,1-3H3,(H2,27,28,29)(H2,23,24,25,26). The summed E-state index contributed by atoms with van der Waals surface area (Å²) >= 11 is 0. The summed E-state index contributed by atoms with van der Waals surface area (Å²) in [6.07, 6.45) is 0. The van der Waals surface area contributed by atoms with Gasteiger partial charge in [0.15, 0.2) is 0 Å². The van der Waals surface area contributed by atoms with Crippen LogP contribution in [0.4, 0.5) is 37.9 Å². The highest BCUT2D eigenvalue weighted by molar-refractivity contribution is 5.99. The van der Waals surface area contributed by atoms with Crippen LogP contribution in [0.2, 0.25) is 0 Å². The summed E-state index contributed by atoms with van der Waals surface area (Å²) in [4.78, 5) is 20.8. The van der Waals surface area contributed by atoms with E-state index in [-0.39, 0.29) is 5.82 Å². The predicted molar refractivity (Wildman–Crippen MR) is 114 cm³/mol. The van der Waals surface area contributed by atoms with Gasteiger partial charge in [0.25, 0.3) is 0 Å². The molecule has 0 radical (unpaired) electrons. The average Bonchev–Trinajstić information content (AvgIpc) is 2.66. The Labute approximate surface area is 168 Å². The molecule has 0 aliphatic heterocycles. The maximum absolute atomic E-state index is 13.6. The zero-order valence-corrected chi connectivity index (χ0v) is 16.5. The van der Waals surface area contributed by atoms with Crippen LogP contribution in [-0.2, 0) is 0 Å². The van der Waals surface area contributed by atoms with Gasteiger partial charge in [0, 0.05) is 29.7 Å². The number of aromatic nitrogens is 2. The fourth-order valence-electron chi connectivity index (χ4n) is 2.65. The van der Waals surface area contributed by atoms with Crippen LogP contribution in [0.3, 0.4) is 0 Å². The molecule has 150 valence electrons. The van der Waals surface area contributed by atoms with Gasteiger partial charge in [0.05, 0.1) is 0 Å². The van der Waals surface area contributed by atoms with Crippen molar-refractivity contribution in [1.82, 2.24) is 9.97 Å². The molecule has 2 aromatic carbocycles. The number of amides is 2. The van der Waals surface area contributed by atoms with Gasteiger partial charge in [0.2, 0.25) is 0 Å². The van der Waals surface area contributed by atoms with E-state index in [4.69, 9.17) is 0 Å². The summed E-state index contributed by atoms with van der Waals surface area (Å²) in [6, 6.07) is 13.1. The van der Waals surface area contributed by atoms with E-state index < -0.39 is 6.03 Å². The Balaban J connectivity index is 1.61. The first-order valence-corrected chi connectivity index (χ1v) is 9.23. The molecular formula is C21H23FN6O. The largest absolute Gasteiger partial charge is 0.370 e. The van der Waals surface area contributed by atoms with Crippen molar-refractivity contribution in [2.24, 2.45) is 0 Å². The Kier molecular flexibility index (Phi) is 6.23. The van der Waals surface area contributed by atoms with Crippen LogP contribution in [0, 0.1) is 19.7 Å². The summed E-state index contributed by atoms with van der Waals surface area (Å²) in [5.41, 5.74) is 2.33. The van der Waals surface area contributed by atoms with E-state index in [1.54, 1.807) is 31.2 Å². The van der Waals surface area contributed by atoms with E-state index in [1.807, 2.05) is 32.0 Å². The minimum absolute atomic E-state index is 0.365. The molecule has 2 amide bonds. The number of halogens is 1. The topological polar surface area (TPSA) is 91.0 Å². The van der Waals surface area contributed by atoms with Crippen molar-refractivity contribution in [2.45, 2.75) is 20.8 Å². The van der Waals surface area contributed by atoms with Crippen LogP contribution in [0.5, 0.6) is 0 Å². The lowest BCUT2D eigenvalue weighted by Crippen LogP contribution is -2.19. The monoisotopic (exact) mass is 394 g/mol. The third-order valence-electron chi connectivity index (χ3n) is 4.04. The van der Waals surface area contributed by atoms with E-state index in [1.165, 1.54) is 6.07 Å². The second-order valence-corrected chi connectivity index (χ2v) is 6.46. The molecule has 0 saturated carbocycles. The van der Waals surface area contributed by atoms with Crippen LogP contribution < -0.4 is 21.3 Å². The van der Waals surface area contributed by atoms with Gasteiger partial charge < -0.3 is 21.3 Å². The lowest BCUT2D eigenvalue weighted by Gasteiger charge is -2.11. The van der Waals surface area contributed by atoms with E-state index in [0.717, 1.165) is 18.1 Å². The fraction of sp³-hybridized carbons (Fsp3) is 0.190. The molecule has 0 unspecified atom stereocenters. The second kappa shape index (κ2) is 9.01. The van der Waals surface area contributed by atoms with Gasteiger partial charge in [-0.3, -0.25) is 0 Å². The number of hydrogen-bond donors (Lipinski definition) is 4. The molecule has 4 N–H and O–H groups in total. The molecule has 0 aliphatic rings. The Morgan fingerprint density at radius 2 is 1.52 bits per heavy atom. The first-order chi connectivity index (χ1) is 13.9. The van der Waals surface area contributed by atoms with Gasteiger partial charge in [-0.05, 0) is 62.7 Å². The van der Waals surface area contributed by atoms with Crippen LogP contribution in [0.25, 0.3) is 0 Å². The molecule has 0 bridgehead atoms. The zero-order chi connectivity index (χ0) is 20.8. The third kappa shape index (κ3) is 5.65. The van der Waals surface area contributed by atoms with E-state index in [9.17, 15) is 9.18 Å². The highest BCUT2D eigenvalue weighted by atomic mass is 19.1. The van der Waals surface area contributed by atoms with Gasteiger partial charge >= 0.3 is 6.03 Å². The number of nitrogens with zero attached hydrogens (tertiary/aromatic N) is 2. The van der Waals surface area contributed by atoms with Gasteiger partial charge in [-0.2, -0.15) is 0 Å². The first-order valence-electron chi connectivity index (χ1n) is 9.23. The summed E-state index contributed by atoms with van der Waals surface area (Å²) < 4.78 is 13.6. The van der Waals surface area contributed by atoms with Gasteiger partial charge in [-0.25, -0.2) is 19.2 Å². The predicted octanol–water partition coefficient (Wildman–Crippen LogP) is 5.05. The number of rotatable bonds is 6. The molecule has 3 aromatic rings. The van der Waals surface area contributed by atoms with Crippen molar-refractivity contribution in [3.63, 3.8) is 0 Å². The van der Waals surface area contributed by atoms with Crippen molar-refractivity contribution in [3.05, 3.63) is 65.7 Å². The average molecular weight is 394 g/mol. The molecule has 29 heavy (non-hydrogen) atoms. The van der Waals surface area contributed by atoms with Crippen LogP contribution in [-0.4, -0.2) is 22.5 Å². The first kappa shape index (κ1) is 20.1. The van der Waals surface area contributed by atoms with Crippen LogP contribution in [0.15, 0.2) is 48.5 Å². The Bertz CT molecular complexity index is 1010. The number of anilines is 5. The summed E-state index contributed by atoms with van der Waals surface area (Å²) in [5, 5.41) is 11.7. The zero-order valence-electron chi connectivity index (χ0n) is 16.5. The highest BCUT2D eigenvalue weighted by Crippen LogP contribution is 2.20. The molecule has 0 aliphatic carbocycles. The smallest absolute Gasteiger partial charge is 0.323 e. The van der Waals surface area contributed by atoms with Crippen molar-refractivity contribution in [3.8, 4) is 0 Å². The van der Waals surface area contributed by atoms with Gasteiger partial charge in [-0.15, -0.1) is 0 Å². The molecule has 0 saturated heterocycles. The number of carbonyl (C=O) groups excluding carboxylic acids is 1. The molecule has 3 rings (SSSR count). The van der Waals surface area contributed by atoms with Crippen molar-refractivity contribution < 1.29 is 9.18 Å². The summed E-state index contributed by atoms with van der Waals surface area (Å²) in [6.45, 7) is 6.27. The van der Waals surface area contributed by atoms with E-state index >= 15 is 0 Å². The minimum Gasteiger partial charge on any atom is -0.370 e. The second-order valence-electron chi connectivity index (χ2n) is 6.46. The lowest BCUT2D eigenvalue weighted by molar-refractivity contribution is 0.262. The molecule has 1 aromatic heterocycles. The normalized spacial score (nSPS) is 10.3. The molecular weight excluding hydrogens is 371 g/mol. The molecule has 0 fully saturated rings. The summed E-state index contributed by atoms with van der Waals surface area (Å²) in [5.74, 6) is 1.72. The number of nitrogens with one attached hydrogen (secondary N) is 4. The third-order valence-corrected chi connectivity index (χ3v) is 4.04. The van der Waals surface area contributed by atoms with E-state index in [0.29, 0.717) is 28.6 Å². The fourth-order valence-corrected chi connectivity index (χ4v) is 2.65. The highest BCUT2D eigenvalue weighted by Gasteiger charge is 2.06. The van der Waals surface area contributed by atoms with Crippen molar-refractivity contribution in [2.75, 3.05) is 27.8 Å². The Morgan fingerprint density at radius 1 is 0.897 bits per heavy atom. The van der Waals surface area contributed by atoms with Crippen LogP contribution in [0.1, 0.15) is 18.3 Å². The molecule has 1 heterocycles. The quantitative estimate of drug-likeness (QED) is 0.470. The van der Waals surface area contributed by atoms with Crippen LogP contribution >= 0.6 is 0 Å². The summed E-state index contributed by atoms with van der Waals surface area (Å²) in [7, 11) is 0. The molecule has 0 spiro atoms. The number of hydrogen-bond acceptors (Lipinski definition) is 5. The molecule has 8 heteroatoms. The number of carbonyl (C=O) groups is 1. The number of urea groups is 1. The maximum atomic E-state index is 13.6. The number of aryl methyl sites for hydroxylation is 2. The minimum atomic E-state index is -0.448. The number of benzene rings is 2. The molecule has 0 atom stereocenters. The Morgan fingerprint density at radius 3 is 2.21 bits per heavy atom. The van der Waals surface area contributed by atoms with Crippen molar-refractivity contribution in [1.29, 1.82) is 0 Å². The maximum Gasteiger partial charge on any atom is 0.323 e. The Hall–Kier alpha value is -3.68. The van der Waals surface area contributed by atoms with E-state index in [2.05, 4.69) is 31.2 Å². The van der Waals surface area contributed by atoms with Gasteiger partial charge in [-0.1, -0.05) is 6.07 Å². The van der Waals surface area contributed by atoms with Crippen molar-refractivity contribution >= 4 is 34.7 Å². The lowest BCUT2D eigenvalue weighted by atomic mass is 10.2. The SMILES string of the molecule is CCNc1cc(Nc2ccc(NC(=O)Nc3ccc(C)c(F)c3)cc2)nc(C)n1. The van der Waals surface area contributed by atoms with Gasteiger partial charge in [0.1, 0.15) is 23.3 Å².